The molecule has 150 valence electrons. The Kier molecular flexibility index (Phi) is 8.85. The number of rotatable bonds is 11. The van der Waals surface area contributed by atoms with Crippen LogP contribution >= 0.6 is 0 Å². The topological polar surface area (TPSA) is 69.2 Å². The number of carbonyl (C=O) groups is 1. The van der Waals surface area contributed by atoms with E-state index in [-0.39, 0.29) is 5.91 Å². The third kappa shape index (κ3) is 6.61. The van der Waals surface area contributed by atoms with Crippen LogP contribution in [-0.4, -0.2) is 31.9 Å². The largest absolute Gasteiger partial charge is 0.494 e. The number of hydrogen-bond acceptors (Lipinski definition) is 5. The van der Waals surface area contributed by atoms with E-state index in [0.29, 0.717) is 36.9 Å². The Hall–Kier alpha value is -3.02. The third-order valence-electron chi connectivity index (χ3n) is 3.70. The highest BCUT2D eigenvalue weighted by atomic mass is 16.5. The summed E-state index contributed by atoms with van der Waals surface area (Å²) in [5.74, 6) is 1.83. The Labute approximate surface area is 166 Å². The second kappa shape index (κ2) is 11.6. The molecule has 0 aliphatic rings. The summed E-state index contributed by atoms with van der Waals surface area (Å²) in [6.07, 6.45) is 3.43. The standard InChI is InChI=1S/C22H28N2O4/c1-4-13-27-19-10-8-18(9-11-19)22(25)24-23-16-17-7-12-20(28-14-5-2)21(15-17)26-6-3/h7-12,15-16H,4-6,13-14H2,1-3H3,(H,24,25)/b23-16-. The lowest BCUT2D eigenvalue weighted by Gasteiger charge is -2.11. The first-order chi connectivity index (χ1) is 13.7. The number of hydrazone groups is 1. The predicted molar refractivity (Wildman–Crippen MR) is 111 cm³/mol. The van der Waals surface area contributed by atoms with Crippen LogP contribution < -0.4 is 19.6 Å². The first-order valence-electron chi connectivity index (χ1n) is 9.63. The summed E-state index contributed by atoms with van der Waals surface area (Å²) >= 11 is 0. The van der Waals surface area contributed by atoms with Crippen molar-refractivity contribution in [2.24, 2.45) is 5.10 Å². The van der Waals surface area contributed by atoms with Crippen LogP contribution in [0.2, 0.25) is 0 Å². The van der Waals surface area contributed by atoms with Crippen molar-refractivity contribution in [3.63, 3.8) is 0 Å². The van der Waals surface area contributed by atoms with Gasteiger partial charge in [-0.05, 0) is 67.8 Å². The van der Waals surface area contributed by atoms with E-state index < -0.39 is 0 Å². The zero-order valence-electron chi connectivity index (χ0n) is 16.7. The van der Waals surface area contributed by atoms with Gasteiger partial charge in [0.25, 0.3) is 5.91 Å². The highest BCUT2D eigenvalue weighted by Gasteiger charge is 2.07. The number of nitrogens with one attached hydrogen (secondary N) is 1. The maximum Gasteiger partial charge on any atom is 0.271 e. The minimum atomic E-state index is -0.286. The van der Waals surface area contributed by atoms with Crippen molar-refractivity contribution in [2.45, 2.75) is 33.6 Å². The van der Waals surface area contributed by atoms with Gasteiger partial charge in [0.2, 0.25) is 0 Å². The maximum atomic E-state index is 12.2. The van der Waals surface area contributed by atoms with Crippen LogP contribution in [0, 0.1) is 0 Å². The van der Waals surface area contributed by atoms with E-state index in [1.165, 1.54) is 0 Å². The first kappa shape index (κ1) is 21.3. The molecule has 0 atom stereocenters. The van der Waals surface area contributed by atoms with Crippen LogP contribution in [0.15, 0.2) is 47.6 Å². The van der Waals surface area contributed by atoms with Crippen LogP contribution in [0.4, 0.5) is 0 Å². The molecule has 0 aliphatic heterocycles. The molecule has 0 saturated carbocycles. The number of benzene rings is 2. The predicted octanol–water partition coefficient (Wildman–Crippen LogP) is 4.43. The number of hydrogen-bond donors (Lipinski definition) is 1. The Morgan fingerprint density at radius 1 is 0.929 bits per heavy atom. The zero-order valence-corrected chi connectivity index (χ0v) is 16.7. The van der Waals surface area contributed by atoms with Crippen LogP contribution in [0.5, 0.6) is 17.2 Å². The molecular formula is C22H28N2O4. The normalized spacial score (nSPS) is 10.7. The molecule has 0 radical (unpaired) electrons. The molecule has 0 aromatic heterocycles. The third-order valence-corrected chi connectivity index (χ3v) is 3.70. The van der Waals surface area contributed by atoms with E-state index in [1.54, 1.807) is 30.5 Å². The molecule has 0 heterocycles. The van der Waals surface area contributed by atoms with Crippen molar-refractivity contribution >= 4 is 12.1 Å². The van der Waals surface area contributed by atoms with Crippen LogP contribution in [0.25, 0.3) is 0 Å². The zero-order chi connectivity index (χ0) is 20.2. The van der Waals surface area contributed by atoms with E-state index in [0.717, 1.165) is 24.2 Å². The van der Waals surface area contributed by atoms with E-state index in [9.17, 15) is 4.79 Å². The second-order valence-electron chi connectivity index (χ2n) is 6.06. The van der Waals surface area contributed by atoms with Crippen molar-refractivity contribution in [3.05, 3.63) is 53.6 Å². The van der Waals surface area contributed by atoms with E-state index in [1.807, 2.05) is 32.0 Å². The Morgan fingerprint density at radius 2 is 1.64 bits per heavy atom. The van der Waals surface area contributed by atoms with Gasteiger partial charge in [-0.15, -0.1) is 0 Å². The number of carbonyl (C=O) groups excluding carboxylic acids is 1. The summed E-state index contributed by atoms with van der Waals surface area (Å²) in [6, 6.07) is 12.5. The second-order valence-corrected chi connectivity index (χ2v) is 6.06. The van der Waals surface area contributed by atoms with E-state index in [4.69, 9.17) is 14.2 Å². The summed E-state index contributed by atoms with van der Waals surface area (Å²) in [5, 5.41) is 4.03. The first-order valence-corrected chi connectivity index (χ1v) is 9.63. The van der Waals surface area contributed by atoms with Crippen LogP contribution in [0.3, 0.4) is 0 Å². The Balaban J connectivity index is 1.97. The lowest BCUT2D eigenvalue weighted by Crippen LogP contribution is -2.17. The van der Waals surface area contributed by atoms with Crippen molar-refractivity contribution < 1.29 is 19.0 Å². The van der Waals surface area contributed by atoms with Gasteiger partial charge in [-0.25, -0.2) is 5.43 Å². The Bertz CT molecular complexity index is 773. The van der Waals surface area contributed by atoms with Gasteiger partial charge in [-0.3, -0.25) is 4.79 Å². The summed E-state index contributed by atoms with van der Waals surface area (Å²) in [6.45, 7) is 7.84. The summed E-state index contributed by atoms with van der Waals surface area (Å²) in [5.41, 5.74) is 3.84. The van der Waals surface area contributed by atoms with Gasteiger partial charge in [0, 0.05) is 5.56 Å². The van der Waals surface area contributed by atoms with Gasteiger partial charge < -0.3 is 14.2 Å². The number of nitrogens with zero attached hydrogens (tertiary/aromatic N) is 1. The number of amides is 1. The molecule has 6 heteroatoms. The summed E-state index contributed by atoms with van der Waals surface area (Å²) < 4.78 is 16.8. The average molecular weight is 384 g/mol. The SMILES string of the molecule is CCCOc1ccc(C(=O)N/N=C\c2ccc(OCCC)c(OCC)c2)cc1. The molecule has 0 unspecified atom stereocenters. The molecule has 1 N–H and O–H groups in total. The molecule has 0 fully saturated rings. The smallest absolute Gasteiger partial charge is 0.271 e. The highest BCUT2D eigenvalue weighted by molar-refractivity contribution is 5.95. The van der Waals surface area contributed by atoms with Gasteiger partial charge in [0.1, 0.15) is 5.75 Å². The Morgan fingerprint density at radius 3 is 2.32 bits per heavy atom. The van der Waals surface area contributed by atoms with Gasteiger partial charge in [-0.1, -0.05) is 13.8 Å². The molecule has 0 saturated heterocycles. The quantitative estimate of drug-likeness (QED) is 0.460. The minimum Gasteiger partial charge on any atom is -0.494 e. The maximum absolute atomic E-state index is 12.2. The van der Waals surface area contributed by atoms with Gasteiger partial charge in [-0.2, -0.15) is 5.10 Å². The number of ether oxygens (including phenoxy) is 3. The molecule has 0 spiro atoms. The van der Waals surface area contributed by atoms with Crippen LogP contribution in [0.1, 0.15) is 49.5 Å². The molecule has 2 aromatic rings. The van der Waals surface area contributed by atoms with Gasteiger partial charge in [0.05, 0.1) is 26.0 Å². The minimum absolute atomic E-state index is 0.286. The van der Waals surface area contributed by atoms with E-state index >= 15 is 0 Å². The summed E-state index contributed by atoms with van der Waals surface area (Å²) in [7, 11) is 0. The van der Waals surface area contributed by atoms with Gasteiger partial charge >= 0.3 is 0 Å². The van der Waals surface area contributed by atoms with Crippen molar-refractivity contribution in [2.75, 3.05) is 19.8 Å². The fourth-order valence-electron chi connectivity index (χ4n) is 2.36. The van der Waals surface area contributed by atoms with Crippen molar-refractivity contribution in [3.8, 4) is 17.2 Å². The van der Waals surface area contributed by atoms with Crippen molar-refractivity contribution in [1.82, 2.24) is 5.43 Å². The molecule has 28 heavy (non-hydrogen) atoms. The molecule has 1 amide bonds. The average Bonchev–Trinajstić information content (AvgIpc) is 2.72. The molecule has 2 aromatic carbocycles. The molecule has 6 nitrogen and oxygen atoms in total. The molecule has 0 bridgehead atoms. The molecule has 2 rings (SSSR count). The van der Waals surface area contributed by atoms with Crippen LogP contribution in [-0.2, 0) is 0 Å². The van der Waals surface area contributed by atoms with Gasteiger partial charge in [0.15, 0.2) is 11.5 Å². The fourth-order valence-corrected chi connectivity index (χ4v) is 2.36. The van der Waals surface area contributed by atoms with E-state index in [2.05, 4.69) is 17.5 Å². The molecule has 0 aliphatic carbocycles. The van der Waals surface area contributed by atoms with Crippen molar-refractivity contribution in [1.29, 1.82) is 0 Å². The highest BCUT2D eigenvalue weighted by Crippen LogP contribution is 2.28. The monoisotopic (exact) mass is 384 g/mol. The lowest BCUT2D eigenvalue weighted by atomic mass is 10.2. The molecular weight excluding hydrogens is 356 g/mol. The summed E-state index contributed by atoms with van der Waals surface area (Å²) in [4.78, 5) is 12.2. The lowest BCUT2D eigenvalue weighted by molar-refractivity contribution is 0.0955. The fraction of sp³-hybridized carbons (Fsp3) is 0.364.